The van der Waals surface area contributed by atoms with Crippen LogP contribution in [0.4, 0.5) is 10.1 Å². The molecule has 2 amide bonds. The van der Waals surface area contributed by atoms with Crippen LogP contribution >= 0.6 is 0 Å². The van der Waals surface area contributed by atoms with Crippen LogP contribution in [-0.2, 0) is 26.3 Å². The zero-order valence-electron chi connectivity index (χ0n) is 21.2. The minimum Gasteiger partial charge on any atom is -0.352 e. The summed E-state index contributed by atoms with van der Waals surface area (Å²) in [6.07, 6.45) is 0.726. The average molecular weight is 507 g/mol. The number of nitrogens with one attached hydrogen (secondary N) is 1. The van der Waals surface area contributed by atoms with E-state index in [1.807, 2.05) is 45.0 Å². The minimum absolute atomic E-state index is 0.0785. The van der Waals surface area contributed by atoms with Crippen molar-refractivity contribution in [2.45, 2.75) is 52.7 Å². The predicted octanol–water partition coefficient (Wildman–Crippen LogP) is 3.08. The van der Waals surface area contributed by atoms with E-state index in [1.165, 1.54) is 31.1 Å². The topological polar surface area (TPSA) is 90.0 Å². The van der Waals surface area contributed by atoms with E-state index in [4.69, 9.17) is 0 Å². The monoisotopic (exact) mass is 506 g/mol. The van der Waals surface area contributed by atoms with Gasteiger partial charge in [0.05, 0.1) is 5.69 Å². The van der Waals surface area contributed by atoms with Gasteiger partial charge in [-0.25, -0.2) is 8.70 Å². The molecule has 0 heterocycles. The van der Waals surface area contributed by atoms with Crippen LogP contribution in [0.3, 0.4) is 0 Å². The molecule has 0 radical (unpaired) electrons. The quantitative estimate of drug-likeness (QED) is 0.507. The summed E-state index contributed by atoms with van der Waals surface area (Å²) in [6.45, 7) is 6.91. The summed E-state index contributed by atoms with van der Waals surface area (Å²) in [5.41, 5.74) is 1.92. The number of halogens is 1. The number of hydrogen-bond donors (Lipinski definition) is 1. The third-order valence-corrected chi connectivity index (χ3v) is 7.72. The average Bonchev–Trinajstić information content (AvgIpc) is 2.81. The fraction of sp³-hybridized carbons (Fsp3) is 0.440. The molecule has 0 saturated heterocycles. The maximum Gasteiger partial charge on any atom is 0.304 e. The van der Waals surface area contributed by atoms with Crippen LogP contribution in [0.25, 0.3) is 0 Å². The van der Waals surface area contributed by atoms with E-state index in [1.54, 1.807) is 6.92 Å². The second-order valence-corrected chi connectivity index (χ2v) is 10.8. The van der Waals surface area contributed by atoms with Crippen molar-refractivity contribution in [1.82, 2.24) is 14.5 Å². The molecule has 2 unspecified atom stereocenters. The first kappa shape index (κ1) is 28.3. The van der Waals surface area contributed by atoms with Crippen molar-refractivity contribution >= 4 is 27.7 Å². The zero-order chi connectivity index (χ0) is 26.3. The number of amides is 2. The molecule has 35 heavy (non-hydrogen) atoms. The molecule has 0 spiro atoms. The van der Waals surface area contributed by atoms with Gasteiger partial charge in [-0.3, -0.25) is 9.59 Å². The molecule has 2 aromatic rings. The highest BCUT2D eigenvalue weighted by molar-refractivity contribution is 7.90. The number of anilines is 1. The van der Waals surface area contributed by atoms with Gasteiger partial charge < -0.3 is 10.2 Å². The summed E-state index contributed by atoms with van der Waals surface area (Å²) < 4.78 is 41.6. The van der Waals surface area contributed by atoms with E-state index < -0.39 is 34.5 Å². The predicted molar refractivity (Wildman–Crippen MR) is 135 cm³/mol. The van der Waals surface area contributed by atoms with E-state index in [0.717, 1.165) is 38.3 Å². The maximum atomic E-state index is 13.6. The molecule has 0 aromatic heterocycles. The van der Waals surface area contributed by atoms with E-state index in [9.17, 15) is 22.4 Å². The number of rotatable bonds is 11. The first-order chi connectivity index (χ1) is 16.4. The highest BCUT2D eigenvalue weighted by Gasteiger charge is 2.33. The summed E-state index contributed by atoms with van der Waals surface area (Å²) in [5, 5.41) is 2.89. The number of carbonyl (C=O) groups excluding carboxylic acids is 2. The van der Waals surface area contributed by atoms with Crippen molar-refractivity contribution in [3.05, 3.63) is 65.5 Å². The van der Waals surface area contributed by atoms with Crippen LogP contribution in [0.5, 0.6) is 0 Å². The molecule has 2 atom stereocenters. The van der Waals surface area contributed by atoms with Crippen molar-refractivity contribution in [1.29, 1.82) is 0 Å². The number of hydrogen-bond acceptors (Lipinski definition) is 4. The van der Waals surface area contributed by atoms with Crippen LogP contribution in [0.1, 0.15) is 38.3 Å². The molecule has 0 saturated carbocycles. The molecule has 10 heteroatoms. The zero-order valence-corrected chi connectivity index (χ0v) is 22.0. The summed E-state index contributed by atoms with van der Waals surface area (Å²) in [5.74, 6) is -1.42. The molecule has 8 nitrogen and oxygen atoms in total. The second kappa shape index (κ2) is 12.1. The lowest BCUT2D eigenvalue weighted by Crippen LogP contribution is -2.53. The summed E-state index contributed by atoms with van der Waals surface area (Å²) in [4.78, 5) is 27.9. The van der Waals surface area contributed by atoms with Gasteiger partial charge in [-0.1, -0.05) is 31.2 Å². The Morgan fingerprint density at radius 2 is 1.63 bits per heavy atom. The van der Waals surface area contributed by atoms with Crippen LogP contribution < -0.4 is 9.62 Å². The summed E-state index contributed by atoms with van der Waals surface area (Å²) >= 11 is 0. The number of carbonyl (C=O) groups is 2. The van der Waals surface area contributed by atoms with Crippen molar-refractivity contribution in [3.8, 4) is 0 Å². The number of aryl methyl sites for hydroxylation is 1. The maximum absolute atomic E-state index is 13.6. The molecule has 2 aromatic carbocycles. The largest absolute Gasteiger partial charge is 0.352 e. The van der Waals surface area contributed by atoms with Crippen LogP contribution in [-0.4, -0.2) is 62.2 Å². The van der Waals surface area contributed by atoms with Crippen molar-refractivity contribution in [2.75, 3.05) is 24.9 Å². The Labute approximate surface area is 207 Å². The summed E-state index contributed by atoms with van der Waals surface area (Å²) in [6, 6.07) is 11.4. The van der Waals surface area contributed by atoms with Gasteiger partial charge in [-0.2, -0.15) is 12.7 Å². The summed E-state index contributed by atoms with van der Waals surface area (Å²) in [7, 11) is -1.39. The van der Waals surface area contributed by atoms with Gasteiger partial charge in [0.25, 0.3) is 0 Å². The highest BCUT2D eigenvalue weighted by atomic mass is 32.2. The normalized spacial score (nSPS) is 13.3. The van der Waals surface area contributed by atoms with E-state index in [0.29, 0.717) is 0 Å². The van der Waals surface area contributed by atoms with Gasteiger partial charge in [-0.05, 0) is 62.6 Å². The van der Waals surface area contributed by atoms with Gasteiger partial charge in [0.2, 0.25) is 11.8 Å². The number of nitrogens with zero attached hydrogens (tertiary/aromatic N) is 3. The Hall–Kier alpha value is -2.98. The smallest absolute Gasteiger partial charge is 0.304 e. The highest BCUT2D eigenvalue weighted by Crippen LogP contribution is 2.21. The van der Waals surface area contributed by atoms with Gasteiger partial charge in [0.1, 0.15) is 18.4 Å². The van der Waals surface area contributed by atoms with Crippen LogP contribution in [0.15, 0.2) is 48.5 Å². The lowest BCUT2D eigenvalue weighted by molar-refractivity contribution is -0.139. The van der Waals surface area contributed by atoms with Crippen LogP contribution in [0, 0.1) is 12.7 Å². The van der Waals surface area contributed by atoms with E-state index in [2.05, 4.69) is 5.32 Å². The molecule has 0 aliphatic carbocycles. The Bertz CT molecular complexity index is 1120. The molecule has 0 aliphatic heterocycles. The molecule has 0 bridgehead atoms. The molecule has 0 aliphatic rings. The number of benzene rings is 2. The Kier molecular flexibility index (Phi) is 9.79. The van der Waals surface area contributed by atoms with Gasteiger partial charge in [-0.15, -0.1) is 0 Å². The standard InChI is InChI=1S/C25H35FN4O4S/c1-7-19(3)27-25(32)20(4)29(16-21-11-9-8-10-18(21)2)24(31)17-30(35(33,34)28(5)6)23-14-12-22(26)13-15-23/h8-15,19-20H,7,16-17H2,1-6H3,(H,27,32). The molecule has 1 N–H and O–H groups in total. The molecule has 0 fully saturated rings. The molecule has 192 valence electrons. The van der Waals surface area contributed by atoms with Gasteiger partial charge >= 0.3 is 10.2 Å². The first-order valence-electron chi connectivity index (χ1n) is 11.5. The Balaban J connectivity index is 2.46. The second-order valence-electron chi connectivity index (χ2n) is 8.72. The lowest BCUT2D eigenvalue weighted by atomic mass is 10.1. The van der Waals surface area contributed by atoms with E-state index >= 15 is 0 Å². The van der Waals surface area contributed by atoms with Crippen molar-refractivity contribution in [2.24, 2.45) is 0 Å². The van der Waals surface area contributed by atoms with Crippen molar-refractivity contribution in [3.63, 3.8) is 0 Å². The van der Waals surface area contributed by atoms with Gasteiger partial charge in [0.15, 0.2) is 0 Å². The third-order valence-electron chi connectivity index (χ3n) is 5.90. The Morgan fingerprint density at radius 1 is 1.03 bits per heavy atom. The van der Waals surface area contributed by atoms with Crippen molar-refractivity contribution < 1.29 is 22.4 Å². The fourth-order valence-electron chi connectivity index (χ4n) is 3.34. The minimum atomic E-state index is -4.09. The van der Waals surface area contributed by atoms with E-state index in [-0.39, 0.29) is 24.2 Å². The third kappa shape index (κ3) is 7.25. The first-order valence-corrected chi connectivity index (χ1v) is 12.9. The molecule has 2 rings (SSSR count). The van der Waals surface area contributed by atoms with Crippen LogP contribution in [0.2, 0.25) is 0 Å². The lowest BCUT2D eigenvalue weighted by Gasteiger charge is -2.33. The molecular formula is C25H35FN4O4S. The Morgan fingerprint density at radius 3 is 2.17 bits per heavy atom. The van der Waals surface area contributed by atoms with Gasteiger partial charge in [0, 0.05) is 26.7 Å². The fourth-order valence-corrected chi connectivity index (χ4v) is 4.40. The SMILES string of the molecule is CCC(C)NC(=O)C(C)N(Cc1ccccc1C)C(=O)CN(c1ccc(F)cc1)S(=O)(=O)N(C)C. The molecular weight excluding hydrogens is 471 g/mol.